The molecule has 0 saturated heterocycles. The molecular weight excluding hydrogens is 186 g/mol. The largest absolute Gasteiger partial charge is 0.508 e. The lowest BCUT2D eigenvalue weighted by Crippen LogP contribution is -2.12. The summed E-state index contributed by atoms with van der Waals surface area (Å²) in [6.45, 7) is 0. The number of benzene rings is 1. The summed E-state index contributed by atoms with van der Waals surface area (Å²) in [5.41, 5.74) is 6.66. The van der Waals surface area contributed by atoms with Crippen LogP contribution in [0.4, 0.5) is 0 Å². The first kappa shape index (κ1) is 8.85. The first-order chi connectivity index (χ1) is 6.20. The summed E-state index contributed by atoms with van der Waals surface area (Å²) < 4.78 is 0. The Morgan fingerprint density at radius 1 is 1.46 bits per heavy atom. The van der Waals surface area contributed by atoms with Crippen molar-refractivity contribution in [2.45, 2.75) is 18.9 Å². The Hall–Kier alpha value is -0.730. The molecular formula is C10H12ClNO. The summed E-state index contributed by atoms with van der Waals surface area (Å²) in [6, 6.07) is 5.01. The second kappa shape index (κ2) is 3.20. The molecule has 0 amide bonds. The lowest BCUT2D eigenvalue weighted by atomic mass is 10.0. The van der Waals surface area contributed by atoms with Gasteiger partial charge in [0.05, 0.1) is 0 Å². The molecule has 0 aromatic heterocycles. The fraction of sp³-hybridized carbons (Fsp3) is 0.400. The van der Waals surface area contributed by atoms with Crippen LogP contribution in [-0.2, 0) is 0 Å². The summed E-state index contributed by atoms with van der Waals surface area (Å²) in [5.74, 6) is 0.720. The van der Waals surface area contributed by atoms with Gasteiger partial charge in [-0.3, -0.25) is 0 Å². The third-order valence-corrected chi connectivity index (χ3v) is 2.82. The average Bonchev–Trinajstić information content (AvgIpc) is 2.85. The van der Waals surface area contributed by atoms with Gasteiger partial charge in [0.15, 0.2) is 0 Å². The Balaban J connectivity index is 2.36. The van der Waals surface area contributed by atoms with Gasteiger partial charge in [0.25, 0.3) is 0 Å². The second-order valence-electron chi connectivity index (χ2n) is 3.54. The molecule has 2 nitrogen and oxygen atoms in total. The minimum absolute atomic E-state index is 0.103. The van der Waals surface area contributed by atoms with Crippen molar-refractivity contribution in [2.75, 3.05) is 0 Å². The molecule has 1 aliphatic carbocycles. The third kappa shape index (κ3) is 1.64. The molecule has 1 aliphatic rings. The smallest absolute Gasteiger partial charge is 0.121 e. The van der Waals surface area contributed by atoms with Crippen molar-refractivity contribution in [1.82, 2.24) is 0 Å². The Morgan fingerprint density at radius 3 is 2.69 bits per heavy atom. The summed E-state index contributed by atoms with van der Waals surface area (Å²) in [7, 11) is 0. The SMILES string of the molecule is NC(c1c(O)cccc1Cl)C1CC1. The van der Waals surface area contributed by atoms with Crippen molar-refractivity contribution < 1.29 is 5.11 Å². The van der Waals surface area contributed by atoms with Crippen LogP contribution < -0.4 is 5.73 Å². The van der Waals surface area contributed by atoms with Crippen molar-refractivity contribution in [1.29, 1.82) is 0 Å². The quantitative estimate of drug-likeness (QED) is 0.765. The molecule has 1 fully saturated rings. The van der Waals surface area contributed by atoms with E-state index in [-0.39, 0.29) is 11.8 Å². The van der Waals surface area contributed by atoms with Gasteiger partial charge in [0.1, 0.15) is 5.75 Å². The Morgan fingerprint density at radius 2 is 2.15 bits per heavy atom. The van der Waals surface area contributed by atoms with Gasteiger partial charge >= 0.3 is 0 Å². The van der Waals surface area contributed by atoms with E-state index in [0.717, 1.165) is 12.8 Å². The highest BCUT2D eigenvalue weighted by atomic mass is 35.5. The summed E-state index contributed by atoms with van der Waals surface area (Å²) in [6.07, 6.45) is 2.29. The first-order valence-corrected chi connectivity index (χ1v) is 4.81. The number of hydrogen-bond donors (Lipinski definition) is 2. The number of halogens is 1. The van der Waals surface area contributed by atoms with Gasteiger partial charge < -0.3 is 10.8 Å². The first-order valence-electron chi connectivity index (χ1n) is 4.43. The molecule has 70 valence electrons. The molecule has 13 heavy (non-hydrogen) atoms. The van der Waals surface area contributed by atoms with Gasteiger partial charge in [-0.05, 0) is 30.9 Å². The minimum atomic E-state index is -0.103. The highest BCUT2D eigenvalue weighted by Gasteiger charge is 2.32. The van der Waals surface area contributed by atoms with E-state index < -0.39 is 0 Å². The fourth-order valence-electron chi connectivity index (χ4n) is 1.55. The highest BCUT2D eigenvalue weighted by Crippen LogP contribution is 2.44. The zero-order valence-corrected chi connectivity index (χ0v) is 7.96. The van der Waals surface area contributed by atoms with Gasteiger partial charge in [-0.25, -0.2) is 0 Å². The van der Waals surface area contributed by atoms with E-state index in [2.05, 4.69) is 0 Å². The average molecular weight is 198 g/mol. The minimum Gasteiger partial charge on any atom is -0.508 e. The predicted octanol–water partition coefficient (Wildman–Crippen LogP) is 2.46. The maximum Gasteiger partial charge on any atom is 0.121 e. The van der Waals surface area contributed by atoms with E-state index >= 15 is 0 Å². The van der Waals surface area contributed by atoms with Crippen LogP contribution >= 0.6 is 11.6 Å². The molecule has 2 rings (SSSR count). The molecule has 0 heterocycles. The van der Waals surface area contributed by atoms with Crippen molar-refractivity contribution >= 4 is 11.6 Å². The molecule has 0 radical (unpaired) electrons. The van der Waals surface area contributed by atoms with Crippen LogP contribution in [0.25, 0.3) is 0 Å². The van der Waals surface area contributed by atoms with E-state index in [1.54, 1.807) is 18.2 Å². The number of phenols is 1. The summed E-state index contributed by atoms with van der Waals surface area (Å²) in [4.78, 5) is 0. The zero-order chi connectivity index (χ0) is 9.42. The molecule has 1 unspecified atom stereocenters. The Bertz CT molecular complexity index is 302. The van der Waals surface area contributed by atoms with Crippen LogP contribution in [0.5, 0.6) is 5.75 Å². The monoisotopic (exact) mass is 197 g/mol. The van der Waals surface area contributed by atoms with Crippen molar-refractivity contribution in [3.05, 3.63) is 28.8 Å². The maximum absolute atomic E-state index is 9.57. The molecule has 1 atom stereocenters. The molecule has 0 spiro atoms. The lowest BCUT2D eigenvalue weighted by Gasteiger charge is -2.13. The van der Waals surface area contributed by atoms with Crippen LogP contribution in [-0.4, -0.2) is 5.11 Å². The van der Waals surface area contributed by atoms with E-state index in [1.165, 1.54) is 0 Å². The van der Waals surface area contributed by atoms with Crippen molar-refractivity contribution in [2.24, 2.45) is 11.7 Å². The number of hydrogen-bond acceptors (Lipinski definition) is 2. The molecule has 1 aromatic carbocycles. The van der Waals surface area contributed by atoms with Gasteiger partial charge in [0, 0.05) is 16.6 Å². The van der Waals surface area contributed by atoms with Crippen LogP contribution in [0, 0.1) is 5.92 Å². The lowest BCUT2D eigenvalue weighted by molar-refractivity contribution is 0.456. The van der Waals surface area contributed by atoms with Gasteiger partial charge in [0.2, 0.25) is 0 Å². The highest BCUT2D eigenvalue weighted by molar-refractivity contribution is 6.31. The van der Waals surface area contributed by atoms with Gasteiger partial charge in [-0.1, -0.05) is 17.7 Å². The van der Waals surface area contributed by atoms with Crippen LogP contribution in [0.1, 0.15) is 24.4 Å². The summed E-state index contributed by atoms with van der Waals surface area (Å²) >= 11 is 5.96. The molecule has 0 aliphatic heterocycles. The van der Waals surface area contributed by atoms with Crippen molar-refractivity contribution in [3.8, 4) is 5.75 Å². The number of aromatic hydroxyl groups is 1. The molecule has 1 saturated carbocycles. The van der Waals surface area contributed by atoms with Crippen molar-refractivity contribution in [3.63, 3.8) is 0 Å². The Labute approximate surface area is 82.3 Å². The van der Waals surface area contributed by atoms with Crippen LogP contribution in [0.2, 0.25) is 5.02 Å². The maximum atomic E-state index is 9.57. The number of rotatable bonds is 2. The molecule has 3 N–H and O–H groups in total. The standard InChI is InChI=1S/C10H12ClNO/c11-7-2-1-3-8(13)9(7)10(12)6-4-5-6/h1-3,6,10,13H,4-5,12H2. The van der Waals surface area contributed by atoms with E-state index in [4.69, 9.17) is 17.3 Å². The Kier molecular flexibility index (Phi) is 2.18. The van der Waals surface area contributed by atoms with Crippen LogP contribution in [0.15, 0.2) is 18.2 Å². The summed E-state index contributed by atoms with van der Waals surface area (Å²) in [5, 5.41) is 10.1. The third-order valence-electron chi connectivity index (χ3n) is 2.49. The number of nitrogens with two attached hydrogens (primary N) is 1. The zero-order valence-electron chi connectivity index (χ0n) is 7.20. The van der Waals surface area contributed by atoms with E-state index in [0.29, 0.717) is 16.5 Å². The number of phenolic OH excluding ortho intramolecular Hbond substituents is 1. The van der Waals surface area contributed by atoms with Crippen LogP contribution in [0.3, 0.4) is 0 Å². The fourth-order valence-corrected chi connectivity index (χ4v) is 1.84. The normalized spacial score (nSPS) is 18.6. The topological polar surface area (TPSA) is 46.2 Å². The predicted molar refractivity (Wildman–Crippen MR) is 52.8 cm³/mol. The van der Waals surface area contributed by atoms with Gasteiger partial charge in [-0.15, -0.1) is 0 Å². The second-order valence-corrected chi connectivity index (χ2v) is 3.94. The molecule has 1 aromatic rings. The molecule has 3 heteroatoms. The van der Waals surface area contributed by atoms with E-state index in [9.17, 15) is 5.11 Å². The van der Waals surface area contributed by atoms with Gasteiger partial charge in [-0.2, -0.15) is 0 Å². The molecule has 0 bridgehead atoms. The van der Waals surface area contributed by atoms with E-state index in [1.807, 2.05) is 0 Å².